The van der Waals surface area contributed by atoms with Gasteiger partial charge in [-0.3, -0.25) is 0 Å². The molecule has 0 N–H and O–H groups in total. The van der Waals surface area contributed by atoms with Gasteiger partial charge in [0.15, 0.2) is 0 Å². The molecule has 0 saturated carbocycles. The van der Waals surface area contributed by atoms with Crippen molar-refractivity contribution in [2.24, 2.45) is 0 Å². The molecule has 3 nitrogen and oxygen atoms in total. The lowest BCUT2D eigenvalue weighted by molar-refractivity contribution is -0.274. The first-order chi connectivity index (χ1) is 8.92. The number of ether oxygens (including phenoxy) is 3. The summed E-state index contributed by atoms with van der Waals surface area (Å²) >= 11 is 6.96. The maximum absolute atomic E-state index is 12.0. The fraction of sp³-hybridized carbons (Fsp3) is 0.455. The molecular formula is C11H12BrF3O3S. The maximum atomic E-state index is 12.0. The number of alkyl halides is 3. The van der Waals surface area contributed by atoms with Crippen LogP contribution in [0.1, 0.15) is 0 Å². The Morgan fingerprint density at radius 1 is 1.16 bits per heavy atom. The van der Waals surface area contributed by atoms with Gasteiger partial charge in [-0.25, -0.2) is 0 Å². The second-order valence-electron chi connectivity index (χ2n) is 3.32. The molecule has 0 saturated heterocycles. The van der Waals surface area contributed by atoms with Crippen LogP contribution >= 0.6 is 28.6 Å². The zero-order valence-corrected chi connectivity index (χ0v) is 12.2. The number of hydrogen-bond acceptors (Lipinski definition) is 4. The highest BCUT2D eigenvalue weighted by Gasteiger charge is 2.31. The molecule has 0 aromatic heterocycles. The van der Waals surface area contributed by atoms with Crippen LogP contribution in [-0.4, -0.2) is 31.9 Å². The predicted octanol–water partition coefficient (Wildman–Crippen LogP) is 3.67. The van der Waals surface area contributed by atoms with Crippen molar-refractivity contribution in [3.63, 3.8) is 0 Å². The van der Waals surface area contributed by atoms with Crippen LogP contribution in [0.2, 0.25) is 0 Å². The SMILES string of the molecule is FC(F)(F)Oc1ccc(OCCOCCS)cc1Br. The van der Waals surface area contributed by atoms with E-state index in [9.17, 15) is 13.2 Å². The Bertz CT molecular complexity index is 401. The summed E-state index contributed by atoms with van der Waals surface area (Å²) in [5.41, 5.74) is 0. The molecule has 0 heterocycles. The van der Waals surface area contributed by atoms with Gasteiger partial charge in [-0.05, 0) is 34.1 Å². The Morgan fingerprint density at radius 2 is 1.89 bits per heavy atom. The quantitative estimate of drug-likeness (QED) is 0.593. The fourth-order valence-corrected chi connectivity index (χ4v) is 1.73. The number of benzene rings is 1. The van der Waals surface area contributed by atoms with Crippen molar-refractivity contribution < 1.29 is 27.4 Å². The van der Waals surface area contributed by atoms with Crippen molar-refractivity contribution in [2.75, 3.05) is 25.6 Å². The summed E-state index contributed by atoms with van der Waals surface area (Å²) in [5, 5.41) is 0. The summed E-state index contributed by atoms with van der Waals surface area (Å²) < 4.78 is 50.6. The number of rotatable bonds is 7. The Labute approximate surface area is 122 Å². The van der Waals surface area contributed by atoms with Gasteiger partial charge in [0.1, 0.15) is 18.1 Å². The monoisotopic (exact) mass is 360 g/mol. The Morgan fingerprint density at radius 3 is 2.47 bits per heavy atom. The molecule has 19 heavy (non-hydrogen) atoms. The highest BCUT2D eigenvalue weighted by atomic mass is 79.9. The van der Waals surface area contributed by atoms with Crippen LogP contribution in [-0.2, 0) is 4.74 Å². The molecule has 8 heteroatoms. The maximum Gasteiger partial charge on any atom is 0.573 e. The summed E-state index contributed by atoms with van der Waals surface area (Å²) in [5.74, 6) is 0.733. The van der Waals surface area contributed by atoms with Crippen LogP contribution in [0.15, 0.2) is 22.7 Å². The summed E-state index contributed by atoms with van der Waals surface area (Å²) in [6.07, 6.45) is -4.72. The lowest BCUT2D eigenvalue weighted by Crippen LogP contribution is -2.17. The summed E-state index contributed by atoms with van der Waals surface area (Å²) in [6, 6.07) is 3.98. The van der Waals surface area contributed by atoms with Crippen molar-refractivity contribution in [3.8, 4) is 11.5 Å². The van der Waals surface area contributed by atoms with E-state index in [0.29, 0.717) is 31.3 Å². The van der Waals surface area contributed by atoms with Gasteiger partial charge in [0.25, 0.3) is 0 Å². The Hall–Kier alpha value is -0.600. The van der Waals surface area contributed by atoms with Gasteiger partial charge in [-0.1, -0.05) is 0 Å². The molecule has 0 aliphatic rings. The predicted molar refractivity (Wildman–Crippen MR) is 71.0 cm³/mol. The average Bonchev–Trinajstić information content (AvgIpc) is 2.31. The van der Waals surface area contributed by atoms with Gasteiger partial charge < -0.3 is 14.2 Å². The van der Waals surface area contributed by atoms with Gasteiger partial charge in [0, 0.05) is 5.75 Å². The highest BCUT2D eigenvalue weighted by molar-refractivity contribution is 9.10. The van der Waals surface area contributed by atoms with Crippen LogP contribution in [0.25, 0.3) is 0 Å². The molecule has 0 bridgehead atoms. The third kappa shape index (κ3) is 6.93. The second-order valence-corrected chi connectivity index (χ2v) is 4.63. The number of thiol groups is 1. The zero-order valence-electron chi connectivity index (χ0n) is 9.74. The van der Waals surface area contributed by atoms with Crippen molar-refractivity contribution in [3.05, 3.63) is 22.7 Å². The van der Waals surface area contributed by atoms with Crippen LogP contribution in [0, 0.1) is 0 Å². The molecule has 0 amide bonds. The molecule has 108 valence electrons. The second kappa shape index (κ2) is 7.86. The molecular weight excluding hydrogens is 349 g/mol. The molecule has 0 unspecified atom stereocenters. The molecule has 1 rings (SSSR count). The third-order valence-corrected chi connectivity index (χ3v) is 2.66. The van der Waals surface area contributed by atoms with E-state index >= 15 is 0 Å². The molecule has 1 aromatic carbocycles. The lowest BCUT2D eigenvalue weighted by atomic mass is 10.3. The van der Waals surface area contributed by atoms with E-state index in [0.717, 1.165) is 0 Å². The number of halogens is 4. The Kier molecular flexibility index (Phi) is 6.81. The third-order valence-electron chi connectivity index (χ3n) is 1.86. The molecule has 0 aliphatic heterocycles. The van der Waals surface area contributed by atoms with Crippen molar-refractivity contribution in [1.82, 2.24) is 0 Å². The van der Waals surface area contributed by atoms with E-state index in [1.165, 1.54) is 18.2 Å². The van der Waals surface area contributed by atoms with Crippen LogP contribution < -0.4 is 9.47 Å². The number of hydrogen-bond donors (Lipinski definition) is 1. The van der Waals surface area contributed by atoms with E-state index in [-0.39, 0.29) is 10.2 Å². The van der Waals surface area contributed by atoms with Gasteiger partial charge in [0.2, 0.25) is 0 Å². The minimum absolute atomic E-state index is 0.165. The van der Waals surface area contributed by atoms with Crippen LogP contribution in [0.5, 0.6) is 11.5 Å². The largest absolute Gasteiger partial charge is 0.573 e. The first-order valence-electron chi connectivity index (χ1n) is 5.29. The van der Waals surface area contributed by atoms with Gasteiger partial charge in [-0.2, -0.15) is 12.6 Å². The zero-order chi connectivity index (χ0) is 14.3. The lowest BCUT2D eigenvalue weighted by Gasteiger charge is -2.12. The van der Waals surface area contributed by atoms with E-state index < -0.39 is 6.36 Å². The molecule has 0 aliphatic carbocycles. The van der Waals surface area contributed by atoms with E-state index in [2.05, 4.69) is 33.3 Å². The van der Waals surface area contributed by atoms with Crippen molar-refractivity contribution >= 4 is 28.6 Å². The molecule has 1 aromatic rings. The molecule has 0 fully saturated rings. The van der Waals surface area contributed by atoms with Crippen LogP contribution in [0.3, 0.4) is 0 Å². The summed E-state index contributed by atoms with van der Waals surface area (Å²) in [6.45, 7) is 1.22. The van der Waals surface area contributed by atoms with Gasteiger partial charge in [-0.15, -0.1) is 13.2 Å². The van der Waals surface area contributed by atoms with E-state index in [4.69, 9.17) is 9.47 Å². The smallest absolute Gasteiger partial charge is 0.491 e. The highest BCUT2D eigenvalue weighted by Crippen LogP contribution is 2.33. The van der Waals surface area contributed by atoms with E-state index in [1.807, 2.05) is 0 Å². The van der Waals surface area contributed by atoms with Crippen molar-refractivity contribution in [1.29, 1.82) is 0 Å². The first kappa shape index (κ1) is 16.5. The minimum Gasteiger partial charge on any atom is -0.491 e. The summed E-state index contributed by atoms with van der Waals surface area (Å²) in [7, 11) is 0. The molecule has 0 spiro atoms. The fourth-order valence-electron chi connectivity index (χ4n) is 1.16. The summed E-state index contributed by atoms with van der Waals surface area (Å²) in [4.78, 5) is 0. The molecule has 0 atom stereocenters. The van der Waals surface area contributed by atoms with Gasteiger partial charge in [0.05, 0.1) is 17.7 Å². The standard InChI is InChI=1S/C11H12BrF3O3S/c12-9-7-8(17-4-3-16-5-6-19)1-2-10(9)18-11(13,14)15/h1-2,7,19H,3-6H2. The van der Waals surface area contributed by atoms with E-state index in [1.54, 1.807) is 0 Å². The molecule has 0 radical (unpaired) electrons. The van der Waals surface area contributed by atoms with Crippen LogP contribution in [0.4, 0.5) is 13.2 Å². The normalized spacial score (nSPS) is 11.4. The minimum atomic E-state index is -4.72. The Balaban J connectivity index is 2.47. The topological polar surface area (TPSA) is 27.7 Å². The average molecular weight is 361 g/mol. The van der Waals surface area contributed by atoms with Gasteiger partial charge >= 0.3 is 6.36 Å². The first-order valence-corrected chi connectivity index (χ1v) is 6.71. The van der Waals surface area contributed by atoms with Crippen molar-refractivity contribution in [2.45, 2.75) is 6.36 Å².